The largest absolute Gasteiger partial charge is 0.342 e. The summed E-state index contributed by atoms with van der Waals surface area (Å²) in [5.41, 5.74) is 0.0637. The van der Waals surface area contributed by atoms with Crippen LogP contribution in [-0.2, 0) is 9.59 Å². The fourth-order valence-corrected chi connectivity index (χ4v) is 4.11. The molecule has 2 amide bonds. The topological polar surface area (TPSA) is 107 Å². The van der Waals surface area contributed by atoms with Gasteiger partial charge in [0.1, 0.15) is 5.82 Å². The highest BCUT2D eigenvalue weighted by molar-refractivity contribution is 6.36. The Morgan fingerprint density at radius 2 is 1.93 bits per heavy atom. The van der Waals surface area contributed by atoms with Gasteiger partial charge >= 0.3 is 0 Å². The second kappa shape index (κ2) is 8.04. The molecule has 2 aliphatic rings. The van der Waals surface area contributed by atoms with Crippen LogP contribution in [0.2, 0.25) is 10.0 Å². The average molecular weight is 436 g/mol. The average Bonchev–Trinajstić information content (AvgIpc) is 2.69. The van der Waals surface area contributed by atoms with E-state index in [1.54, 1.807) is 12.1 Å². The van der Waals surface area contributed by atoms with Gasteiger partial charge in [0.05, 0.1) is 22.2 Å². The number of benzene rings is 1. The Morgan fingerprint density at radius 1 is 1.17 bits per heavy atom. The SMILES string of the molecule is O=C1C[C@@H](C(=O)Nc2ccc(Cl)cc2Cl)c2c(nc(N3CCCCC3)[nH]c2=O)N1. The summed E-state index contributed by atoms with van der Waals surface area (Å²) in [6.07, 6.45) is 3.01. The Hall–Kier alpha value is -2.58. The minimum absolute atomic E-state index is 0.132. The van der Waals surface area contributed by atoms with Crippen LogP contribution in [0.4, 0.5) is 17.5 Å². The number of H-pyrrole nitrogens is 1. The van der Waals surface area contributed by atoms with E-state index in [0.29, 0.717) is 16.7 Å². The number of aromatic nitrogens is 2. The van der Waals surface area contributed by atoms with Crippen molar-refractivity contribution in [1.29, 1.82) is 0 Å². The zero-order valence-electron chi connectivity index (χ0n) is 15.4. The molecule has 1 aromatic heterocycles. The van der Waals surface area contributed by atoms with Crippen LogP contribution in [-0.4, -0.2) is 34.9 Å². The number of nitrogens with zero attached hydrogens (tertiary/aromatic N) is 2. The Kier molecular flexibility index (Phi) is 5.47. The zero-order valence-corrected chi connectivity index (χ0v) is 16.9. The molecule has 0 radical (unpaired) electrons. The van der Waals surface area contributed by atoms with Crippen molar-refractivity contribution in [3.63, 3.8) is 0 Å². The van der Waals surface area contributed by atoms with Gasteiger partial charge in [0.2, 0.25) is 17.8 Å². The van der Waals surface area contributed by atoms with Crippen molar-refractivity contribution in [1.82, 2.24) is 9.97 Å². The number of rotatable bonds is 3. The Morgan fingerprint density at radius 3 is 2.66 bits per heavy atom. The molecule has 1 aromatic carbocycles. The second-order valence-electron chi connectivity index (χ2n) is 7.12. The lowest BCUT2D eigenvalue weighted by Crippen LogP contribution is -2.38. The van der Waals surface area contributed by atoms with Crippen LogP contribution < -0.4 is 21.1 Å². The number of halogens is 2. The highest BCUT2D eigenvalue weighted by atomic mass is 35.5. The second-order valence-corrected chi connectivity index (χ2v) is 7.96. The van der Waals surface area contributed by atoms with E-state index in [1.807, 2.05) is 4.90 Å². The van der Waals surface area contributed by atoms with Crippen molar-refractivity contribution in [2.75, 3.05) is 28.6 Å². The van der Waals surface area contributed by atoms with Gasteiger partial charge in [0.25, 0.3) is 5.56 Å². The number of hydrogen-bond donors (Lipinski definition) is 3. The van der Waals surface area contributed by atoms with Crippen LogP contribution in [0.3, 0.4) is 0 Å². The molecule has 29 heavy (non-hydrogen) atoms. The van der Waals surface area contributed by atoms with Crippen molar-refractivity contribution in [2.45, 2.75) is 31.6 Å². The van der Waals surface area contributed by atoms with Gasteiger partial charge in [0.15, 0.2) is 0 Å². The summed E-state index contributed by atoms with van der Waals surface area (Å²) in [4.78, 5) is 47.1. The lowest BCUT2D eigenvalue weighted by Gasteiger charge is -2.29. The minimum Gasteiger partial charge on any atom is -0.342 e. The van der Waals surface area contributed by atoms with Crippen molar-refractivity contribution in [3.8, 4) is 0 Å². The van der Waals surface area contributed by atoms with Crippen LogP contribution >= 0.6 is 23.2 Å². The van der Waals surface area contributed by atoms with Crippen molar-refractivity contribution >= 4 is 52.5 Å². The Balaban J connectivity index is 1.65. The number of piperidine rings is 1. The van der Waals surface area contributed by atoms with Gasteiger partial charge in [-0.05, 0) is 37.5 Å². The molecule has 2 aromatic rings. The number of hydrogen-bond acceptors (Lipinski definition) is 5. The smallest absolute Gasteiger partial charge is 0.258 e. The van der Waals surface area contributed by atoms with E-state index in [9.17, 15) is 14.4 Å². The molecule has 4 rings (SSSR count). The standard InChI is InChI=1S/C19H19Cl2N5O3/c20-10-4-5-13(12(21)8-10)22-17(28)11-9-14(27)23-16-15(11)18(29)25-19(24-16)26-6-2-1-3-7-26/h4-5,8,11H,1-3,6-7,9H2,(H,22,28)(H2,23,24,25,27,29)/t11-/m1/s1. The molecule has 0 bridgehead atoms. The molecule has 1 atom stereocenters. The van der Waals surface area contributed by atoms with Crippen molar-refractivity contribution in [2.24, 2.45) is 0 Å². The predicted octanol–water partition coefficient (Wildman–Crippen LogP) is 3.13. The quantitative estimate of drug-likeness (QED) is 0.686. The summed E-state index contributed by atoms with van der Waals surface area (Å²) in [5.74, 6) is -1.31. The van der Waals surface area contributed by atoms with E-state index < -0.39 is 17.4 Å². The monoisotopic (exact) mass is 435 g/mol. The third kappa shape index (κ3) is 4.09. The summed E-state index contributed by atoms with van der Waals surface area (Å²) in [5, 5.41) is 6.00. The molecule has 0 aliphatic carbocycles. The Labute approximate surface area is 176 Å². The normalized spacial score (nSPS) is 18.8. The molecule has 3 N–H and O–H groups in total. The molecule has 0 spiro atoms. The van der Waals surface area contributed by atoms with E-state index in [-0.39, 0.29) is 28.7 Å². The number of fused-ring (bicyclic) bond motifs is 1. The fourth-order valence-electron chi connectivity index (χ4n) is 3.65. The first-order valence-electron chi connectivity index (χ1n) is 9.37. The number of carbonyl (C=O) groups is 2. The van der Waals surface area contributed by atoms with Crippen LogP contribution in [0.15, 0.2) is 23.0 Å². The van der Waals surface area contributed by atoms with E-state index in [4.69, 9.17) is 23.2 Å². The van der Waals surface area contributed by atoms with Crippen LogP contribution in [0, 0.1) is 0 Å². The first-order valence-corrected chi connectivity index (χ1v) is 10.1. The number of carbonyl (C=O) groups excluding carboxylic acids is 2. The highest BCUT2D eigenvalue weighted by Crippen LogP contribution is 2.32. The lowest BCUT2D eigenvalue weighted by molar-refractivity contribution is -0.123. The molecule has 1 fully saturated rings. The number of amides is 2. The van der Waals surface area contributed by atoms with Gasteiger partial charge in [-0.2, -0.15) is 4.98 Å². The van der Waals surface area contributed by atoms with Crippen LogP contribution in [0.5, 0.6) is 0 Å². The summed E-state index contributed by atoms with van der Waals surface area (Å²) >= 11 is 12.0. The molecule has 152 valence electrons. The number of anilines is 3. The van der Waals surface area contributed by atoms with Crippen molar-refractivity contribution in [3.05, 3.63) is 44.2 Å². The van der Waals surface area contributed by atoms with Gasteiger partial charge in [0, 0.05) is 24.5 Å². The van der Waals surface area contributed by atoms with Gasteiger partial charge < -0.3 is 15.5 Å². The Bertz CT molecular complexity index is 1030. The van der Waals surface area contributed by atoms with E-state index in [0.717, 1.165) is 32.4 Å². The molecule has 0 unspecified atom stereocenters. The third-order valence-corrected chi connectivity index (χ3v) is 5.65. The van der Waals surface area contributed by atoms with Crippen molar-refractivity contribution < 1.29 is 9.59 Å². The van der Waals surface area contributed by atoms with Gasteiger partial charge in [-0.3, -0.25) is 19.4 Å². The third-order valence-electron chi connectivity index (χ3n) is 5.10. The number of nitrogens with one attached hydrogen (secondary N) is 3. The maximum absolute atomic E-state index is 12.9. The molecule has 0 saturated carbocycles. The summed E-state index contributed by atoms with van der Waals surface area (Å²) in [7, 11) is 0. The minimum atomic E-state index is -0.975. The molecule has 3 heterocycles. The molecular weight excluding hydrogens is 417 g/mol. The lowest BCUT2D eigenvalue weighted by atomic mass is 9.92. The van der Waals surface area contributed by atoms with E-state index in [1.165, 1.54) is 6.07 Å². The molecule has 10 heteroatoms. The summed E-state index contributed by atoms with van der Waals surface area (Å²) < 4.78 is 0. The van der Waals surface area contributed by atoms with Crippen LogP contribution in [0.1, 0.15) is 37.2 Å². The van der Waals surface area contributed by atoms with E-state index in [2.05, 4.69) is 20.6 Å². The van der Waals surface area contributed by atoms with Gasteiger partial charge in [-0.25, -0.2) is 0 Å². The molecule has 8 nitrogen and oxygen atoms in total. The zero-order chi connectivity index (χ0) is 20.5. The van der Waals surface area contributed by atoms with Crippen LogP contribution in [0.25, 0.3) is 0 Å². The molecule has 1 saturated heterocycles. The van der Waals surface area contributed by atoms with Gasteiger partial charge in [-0.1, -0.05) is 23.2 Å². The summed E-state index contributed by atoms with van der Waals surface area (Å²) in [6.45, 7) is 1.57. The predicted molar refractivity (Wildman–Crippen MR) is 112 cm³/mol. The number of aromatic amines is 1. The maximum atomic E-state index is 12.9. The molecular formula is C19H19Cl2N5O3. The van der Waals surface area contributed by atoms with Gasteiger partial charge in [-0.15, -0.1) is 0 Å². The maximum Gasteiger partial charge on any atom is 0.258 e. The highest BCUT2D eigenvalue weighted by Gasteiger charge is 2.35. The fraction of sp³-hybridized carbons (Fsp3) is 0.368. The first kappa shape index (κ1) is 19.7. The molecule has 2 aliphatic heterocycles. The first-order chi connectivity index (χ1) is 13.9. The van der Waals surface area contributed by atoms with E-state index >= 15 is 0 Å². The summed E-state index contributed by atoms with van der Waals surface area (Å²) in [6, 6.07) is 4.65.